The SMILES string of the molecule is CCNC(=NCc1ccc(C#N)cc1)NCCc1ncc(CC)s1. The topological polar surface area (TPSA) is 73.1 Å². The zero-order valence-electron chi connectivity index (χ0n) is 14.2. The van der Waals surface area contributed by atoms with Crippen LogP contribution in [0, 0.1) is 11.3 Å². The zero-order valence-corrected chi connectivity index (χ0v) is 15.0. The molecule has 2 N–H and O–H groups in total. The lowest BCUT2D eigenvalue weighted by Crippen LogP contribution is -2.38. The second-order valence-electron chi connectivity index (χ2n) is 5.25. The first-order valence-electron chi connectivity index (χ1n) is 8.20. The van der Waals surface area contributed by atoms with E-state index in [1.165, 1.54) is 4.88 Å². The summed E-state index contributed by atoms with van der Waals surface area (Å²) in [5.74, 6) is 0.800. The number of nitriles is 1. The number of nitrogens with one attached hydrogen (secondary N) is 2. The van der Waals surface area contributed by atoms with Crippen molar-refractivity contribution in [1.29, 1.82) is 5.26 Å². The quantitative estimate of drug-likeness (QED) is 0.600. The standard InChI is InChI=1S/C18H23N5S/c1-3-16-13-22-17(24-16)9-10-21-18(20-4-2)23-12-15-7-5-14(11-19)6-8-15/h5-8,13H,3-4,9-10,12H2,1-2H3,(H2,20,21,23). The average molecular weight is 341 g/mol. The molecule has 6 heteroatoms. The summed E-state index contributed by atoms with van der Waals surface area (Å²) in [7, 11) is 0. The van der Waals surface area contributed by atoms with Crippen molar-refractivity contribution in [1.82, 2.24) is 15.6 Å². The monoisotopic (exact) mass is 341 g/mol. The van der Waals surface area contributed by atoms with Gasteiger partial charge in [-0.15, -0.1) is 11.3 Å². The average Bonchev–Trinajstić information content (AvgIpc) is 3.08. The maximum atomic E-state index is 8.82. The van der Waals surface area contributed by atoms with Gasteiger partial charge in [0.15, 0.2) is 5.96 Å². The van der Waals surface area contributed by atoms with Crippen molar-refractivity contribution in [2.75, 3.05) is 13.1 Å². The first-order valence-corrected chi connectivity index (χ1v) is 9.01. The Kier molecular flexibility index (Phi) is 7.24. The molecule has 0 radical (unpaired) electrons. The van der Waals surface area contributed by atoms with E-state index in [-0.39, 0.29) is 0 Å². The van der Waals surface area contributed by atoms with Gasteiger partial charge in [-0.25, -0.2) is 9.98 Å². The van der Waals surface area contributed by atoms with Crippen molar-refractivity contribution in [3.05, 3.63) is 51.5 Å². The van der Waals surface area contributed by atoms with E-state index in [9.17, 15) is 0 Å². The molecule has 1 aromatic carbocycles. The molecule has 5 nitrogen and oxygen atoms in total. The van der Waals surface area contributed by atoms with E-state index in [0.717, 1.165) is 42.5 Å². The summed E-state index contributed by atoms with van der Waals surface area (Å²) in [6, 6.07) is 9.64. The first-order chi connectivity index (χ1) is 11.7. The third kappa shape index (κ3) is 5.67. The number of thiazole rings is 1. The van der Waals surface area contributed by atoms with Gasteiger partial charge in [-0.05, 0) is 31.0 Å². The third-order valence-corrected chi connectivity index (χ3v) is 4.63. The van der Waals surface area contributed by atoms with Gasteiger partial charge in [-0.2, -0.15) is 5.26 Å². The smallest absolute Gasteiger partial charge is 0.191 e. The van der Waals surface area contributed by atoms with Crippen LogP contribution in [-0.2, 0) is 19.4 Å². The molecule has 0 aliphatic rings. The van der Waals surface area contributed by atoms with Gasteiger partial charge in [-0.3, -0.25) is 0 Å². The number of rotatable bonds is 7. The van der Waals surface area contributed by atoms with Crippen molar-refractivity contribution in [2.24, 2.45) is 4.99 Å². The molecule has 0 amide bonds. The van der Waals surface area contributed by atoms with Crippen LogP contribution in [0.5, 0.6) is 0 Å². The van der Waals surface area contributed by atoms with Gasteiger partial charge in [0, 0.05) is 30.6 Å². The molecule has 2 aromatic rings. The fraction of sp³-hybridized carbons (Fsp3) is 0.389. The maximum Gasteiger partial charge on any atom is 0.191 e. The number of aliphatic imine (C=N–C) groups is 1. The molecule has 24 heavy (non-hydrogen) atoms. The molecule has 0 bridgehead atoms. The van der Waals surface area contributed by atoms with E-state index >= 15 is 0 Å². The summed E-state index contributed by atoms with van der Waals surface area (Å²) in [4.78, 5) is 10.3. The van der Waals surface area contributed by atoms with Crippen LogP contribution in [-0.4, -0.2) is 24.0 Å². The Morgan fingerprint density at radius 3 is 2.67 bits per heavy atom. The lowest BCUT2D eigenvalue weighted by molar-refractivity contribution is 0.796. The van der Waals surface area contributed by atoms with Gasteiger partial charge >= 0.3 is 0 Å². The fourth-order valence-corrected chi connectivity index (χ4v) is 2.97. The van der Waals surface area contributed by atoms with E-state index in [0.29, 0.717) is 12.1 Å². The summed E-state index contributed by atoms with van der Waals surface area (Å²) in [5.41, 5.74) is 1.75. The molecule has 1 aromatic heterocycles. The van der Waals surface area contributed by atoms with E-state index < -0.39 is 0 Å². The normalized spacial score (nSPS) is 11.1. The molecule has 0 saturated carbocycles. The predicted octanol–water partition coefficient (Wildman–Crippen LogP) is 2.87. The molecule has 0 aliphatic heterocycles. The van der Waals surface area contributed by atoms with Gasteiger partial charge in [-0.1, -0.05) is 19.1 Å². The third-order valence-electron chi connectivity index (χ3n) is 3.43. The summed E-state index contributed by atoms with van der Waals surface area (Å²) in [5, 5.41) is 16.6. The van der Waals surface area contributed by atoms with Gasteiger partial charge < -0.3 is 10.6 Å². The van der Waals surface area contributed by atoms with Gasteiger partial charge in [0.05, 0.1) is 23.2 Å². The molecule has 0 fully saturated rings. The molecule has 0 unspecified atom stereocenters. The Hall–Kier alpha value is -2.39. The maximum absolute atomic E-state index is 8.82. The van der Waals surface area contributed by atoms with Crippen molar-refractivity contribution >= 4 is 17.3 Å². The van der Waals surface area contributed by atoms with Crippen molar-refractivity contribution < 1.29 is 0 Å². The van der Waals surface area contributed by atoms with Crippen LogP contribution in [0.3, 0.4) is 0 Å². The molecule has 0 saturated heterocycles. The highest BCUT2D eigenvalue weighted by Gasteiger charge is 2.02. The van der Waals surface area contributed by atoms with Crippen LogP contribution in [0.25, 0.3) is 0 Å². The van der Waals surface area contributed by atoms with E-state index in [4.69, 9.17) is 5.26 Å². The number of hydrogen-bond donors (Lipinski definition) is 2. The van der Waals surface area contributed by atoms with Crippen LogP contribution in [0.4, 0.5) is 0 Å². The molecular formula is C18H23N5S. The minimum atomic E-state index is 0.582. The second-order valence-corrected chi connectivity index (χ2v) is 6.45. The lowest BCUT2D eigenvalue weighted by Gasteiger charge is -2.10. The summed E-state index contributed by atoms with van der Waals surface area (Å²) in [6.07, 6.45) is 3.90. The Labute approximate surface area is 147 Å². The molecule has 0 spiro atoms. The molecule has 0 aliphatic carbocycles. The van der Waals surface area contributed by atoms with Gasteiger partial charge in [0.25, 0.3) is 0 Å². The molecule has 2 rings (SSSR count). The minimum absolute atomic E-state index is 0.582. The molecular weight excluding hydrogens is 318 g/mol. The van der Waals surface area contributed by atoms with Crippen LogP contribution in [0.2, 0.25) is 0 Å². The Morgan fingerprint density at radius 1 is 1.25 bits per heavy atom. The number of hydrogen-bond acceptors (Lipinski definition) is 4. The predicted molar refractivity (Wildman–Crippen MR) is 99.2 cm³/mol. The highest BCUT2D eigenvalue weighted by Crippen LogP contribution is 2.13. The van der Waals surface area contributed by atoms with Crippen molar-refractivity contribution in [3.63, 3.8) is 0 Å². The van der Waals surface area contributed by atoms with E-state index in [2.05, 4.69) is 33.6 Å². The van der Waals surface area contributed by atoms with Gasteiger partial charge in [0.1, 0.15) is 0 Å². The lowest BCUT2D eigenvalue weighted by atomic mass is 10.1. The Balaban J connectivity index is 1.86. The zero-order chi connectivity index (χ0) is 17.2. The number of aromatic nitrogens is 1. The highest BCUT2D eigenvalue weighted by molar-refractivity contribution is 7.11. The van der Waals surface area contributed by atoms with Crippen molar-refractivity contribution in [3.8, 4) is 6.07 Å². The Bertz CT molecular complexity index is 697. The number of benzene rings is 1. The molecule has 1 heterocycles. The van der Waals surface area contributed by atoms with E-state index in [1.807, 2.05) is 37.4 Å². The van der Waals surface area contributed by atoms with Crippen LogP contribution in [0.1, 0.15) is 34.9 Å². The fourth-order valence-electron chi connectivity index (χ4n) is 2.11. The minimum Gasteiger partial charge on any atom is -0.357 e. The van der Waals surface area contributed by atoms with Gasteiger partial charge in [0.2, 0.25) is 0 Å². The summed E-state index contributed by atoms with van der Waals surface area (Å²) < 4.78 is 0. The molecule has 126 valence electrons. The van der Waals surface area contributed by atoms with E-state index in [1.54, 1.807) is 11.3 Å². The van der Waals surface area contributed by atoms with Crippen LogP contribution >= 0.6 is 11.3 Å². The van der Waals surface area contributed by atoms with Crippen molar-refractivity contribution in [2.45, 2.75) is 33.2 Å². The first kappa shape index (κ1) is 18.0. The van der Waals surface area contributed by atoms with Crippen LogP contribution in [0.15, 0.2) is 35.5 Å². The van der Waals surface area contributed by atoms with Crippen LogP contribution < -0.4 is 10.6 Å². The summed E-state index contributed by atoms with van der Waals surface area (Å²) >= 11 is 1.77. The Morgan fingerprint density at radius 2 is 2.04 bits per heavy atom. The number of aryl methyl sites for hydroxylation is 1. The highest BCUT2D eigenvalue weighted by atomic mass is 32.1. The number of guanidine groups is 1. The second kappa shape index (κ2) is 9.68. The number of nitrogens with zero attached hydrogens (tertiary/aromatic N) is 3. The molecule has 0 atom stereocenters. The summed E-state index contributed by atoms with van der Waals surface area (Å²) in [6.45, 7) is 6.40. The largest absolute Gasteiger partial charge is 0.357 e.